The van der Waals surface area contributed by atoms with Crippen molar-refractivity contribution in [2.75, 3.05) is 20.1 Å². The Kier molecular flexibility index (Phi) is 3.71. The van der Waals surface area contributed by atoms with E-state index >= 15 is 0 Å². The van der Waals surface area contributed by atoms with Gasteiger partial charge in [0.25, 0.3) is 0 Å². The first-order chi connectivity index (χ1) is 8.49. The molecule has 5 nitrogen and oxygen atoms in total. The summed E-state index contributed by atoms with van der Waals surface area (Å²) in [5, 5.41) is 13.8. The number of aromatic carboxylic acids is 1. The molecule has 1 fully saturated rings. The van der Waals surface area contributed by atoms with Gasteiger partial charge in [-0.2, -0.15) is 5.10 Å². The first-order valence-electron chi connectivity index (χ1n) is 6.50. The maximum absolute atomic E-state index is 11.3. The van der Waals surface area contributed by atoms with E-state index in [9.17, 15) is 9.90 Å². The van der Waals surface area contributed by atoms with Gasteiger partial charge in [0.1, 0.15) is 5.56 Å². The van der Waals surface area contributed by atoms with Gasteiger partial charge in [-0.05, 0) is 40.3 Å². The summed E-state index contributed by atoms with van der Waals surface area (Å²) in [5.41, 5.74) is 1.12. The molecule has 1 aliphatic rings. The van der Waals surface area contributed by atoms with Crippen LogP contribution in [-0.4, -0.2) is 45.9 Å². The Morgan fingerprint density at radius 2 is 2.28 bits per heavy atom. The van der Waals surface area contributed by atoms with Crippen molar-refractivity contribution in [1.82, 2.24) is 14.7 Å². The predicted molar refractivity (Wildman–Crippen MR) is 69.0 cm³/mol. The van der Waals surface area contributed by atoms with Gasteiger partial charge in [-0.1, -0.05) is 0 Å². The van der Waals surface area contributed by atoms with E-state index in [0.29, 0.717) is 5.56 Å². The minimum atomic E-state index is -0.870. The van der Waals surface area contributed by atoms with Crippen LogP contribution in [0.3, 0.4) is 0 Å². The summed E-state index contributed by atoms with van der Waals surface area (Å²) in [5.74, 6) is -0.625. The van der Waals surface area contributed by atoms with Crippen molar-refractivity contribution in [1.29, 1.82) is 0 Å². The zero-order valence-electron chi connectivity index (χ0n) is 11.3. The molecule has 0 aliphatic carbocycles. The monoisotopic (exact) mass is 251 g/mol. The smallest absolute Gasteiger partial charge is 0.339 e. The van der Waals surface area contributed by atoms with Crippen molar-refractivity contribution >= 4 is 5.97 Å². The molecule has 2 heterocycles. The van der Waals surface area contributed by atoms with Crippen LogP contribution in [-0.2, 0) is 0 Å². The van der Waals surface area contributed by atoms with Crippen molar-refractivity contribution in [3.63, 3.8) is 0 Å². The Hall–Kier alpha value is -1.36. The second-order valence-electron chi connectivity index (χ2n) is 5.41. The van der Waals surface area contributed by atoms with E-state index in [1.54, 1.807) is 10.9 Å². The van der Waals surface area contributed by atoms with Crippen molar-refractivity contribution in [2.45, 2.75) is 38.6 Å². The first kappa shape index (κ1) is 13.1. The van der Waals surface area contributed by atoms with Crippen LogP contribution in [0.15, 0.2) is 6.20 Å². The highest BCUT2D eigenvalue weighted by molar-refractivity contribution is 5.88. The van der Waals surface area contributed by atoms with E-state index in [4.69, 9.17) is 0 Å². The summed E-state index contributed by atoms with van der Waals surface area (Å²) in [6, 6.07) is 0.193. The molecule has 1 N–H and O–H groups in total. The van der Waals surface area contributed by atoms with Gasteiger partial charge in [-0.25, -0.2) is 4.79 Å². The minimum absolute atomic E-state index is 0.193. The zero-order valence-corrected chi connectivity index (χ0v) is 11.3. The molecular weight excluding hydrogens is 230 g/mol. The van der Waals surface area contributed by atoms with Crippen LogP contribution >= 0.6 is 0 Å². The van der Waals surface area contributed by atoms with Gasteiger partial charge >= 0.3 is 5.97 Å². The Labute approximate surface area is 107 Å². The highest BCUT2D eigenvalue weighted by Crippen LogP contribution is 2.28. The lowest BCUT2D eigenvalue weighted by Crippen LogP contribution is -2.31. The maximum atomic E-state index is 11.3. The molecule has 1 unspecified atom stereocenters. The van der Waals surface area contributed by atoms with Crippen LogP contribution in [0.2, 0.25) is 0 Å². The molecule has 0 bridgehead atoms. The van der Waals surface area contributed by atoms with Crippen molar-refractivity contribution in [3.8, 4) is 0 Å². The number of nitrogens with zero attached hydrogens (tertiary/aromatic N) is 3. The highest BCUT2D eigenvalue weighted by atomic mass is 16.4. The molecule has 1 aliphatic heterocycles. The van der Waals surface area contributed by atoms with Crippen LogP contribution in [0.4, 0.5) is 0 Å². The molecular formula is C13H21N3O2. The van der Waals surface area contributed by atoms with Gasteiger partial charge in [0.2, 0.25) is 0 Å². The van der Waals surface area contributed by atoms with Crippen LogP contribution in [0.25, 0.3) is 0 Å². The zero-order chi connectivity index (χ0) is 13.3. The van der Waals surface area contributed by atoms with E-state index < -0.39 is 5.97 Å². The van der Waals surface area contributed by atoms with Crippen LogP contribution in [0, 0.1) is 0 Å². The number of likely N-dealkylation sites (N-methyl/N-ethyl adjacent to an activating group) is 1. The van der Waals surface area contributed by atoms with Gasteiger partial charge < -0.3 is 10.0 Å². The summed E-state index contributed by atoms with van der Waals surface area (Å²) in [6.45, 7) is 6.00. The number of hydrogen-bond donors (Lipinski definition) is 1. The molecule has 18 heavy (non-hydrogen) atoms. The standard InChI is InChI=1S/C13H21N3O2/c1-9(2)16-8-11(13(17)18)12(14-16)10-5-4-6-15(3)7-10/h8-10H,4-7H2,1-3H3,(H,17,18). The summed E-state index contributed by atoms with van der Waals surface area (Å²) >= 11 is 0. The lowest BCUT2D eigenvalue weighted by atomic mass is 9.93. The lowest BCUT2D eigenvalue weighted by molar-refractivity contribution is 0.0694. The summed E-state index contributed by atoms with van der Waals surface area (Å²) in [4.78, 5) is 13.6. The van der Waals surface area contributed by atoms with Crippen LogP contribution in [0.5, 0.6) is 0 Å². The topological polar surface area (TPSA) is 58.4 Å². The third-order valence-corrected chi connectivity index (χ3v) is 3.53. The average molecular weight is 251 g/mol. The fourth-order valence-corrected chi connectivity index (χ4v) is 2.53. The molecule has 0 amide bonds. The fraction of sp³-hybridized carbons (Fsp3) is 0.692. The number of likely N-dealkylation sites (tertiary alicyclic amines) is 1. The third-order valence-electron chi connectivity index (χ3n) is 3.53. The van der Waals surface area contributed by atoms with Crippen molar-refractivity contribution < 1.29 is 9.90 Å². The predicted octanol–water partition coefficient (Wildman–Crippen LogP) is 1.97. The summed E-state index contributed by atoms with van der Waals surface area (Å²) in [6.07, 6.45) is 3.80. The van der Waals surface area contributed by atoms with Gasteiger partial charge in [0.05, 0.1) is 5.69 Å². The van der Waals surface area contributed by atoms with E-state index in [2.05, 4.69) is 17.0 Å². The second-order valence-corrected chi connectivity index (χ2v) is 5.41. The molecule has 1 atom stereocenters. The normalized spacial score (nSPS) is 21.4. The largest absolute Gasteiger partial charge is 0.478 e. The number of aromatic nitrogens is 2. The van der Waals surface area contributed by atoms with E-state index in [1.165, 1.54) is 0 Å². The van der Waals surface area contributed by atoms with Gasteiger partial charge in [-0.15, -0.1) is 0 Å². The molecule has 0 radical (unpaired) electrons. The Balaban J connectivity index is 2.32. The molecule has 5 heteroatoms. The molecule has 0 aromatic carbocycles. The molecule has 0 saturated carbocycles. The molecule has 0 spiro atoms. The summed E-state index contributed by atoms with van der Waals surface area (Å²) < 4.78 is 1.76. The summed E-state index contributed by atoms with van der Waals surface area (Å²) in [7, 11) is 2.08. The number of piperidine rings is 1. The Morgan fingerprint density at radius 1 is 1.56 bits per heavy atom. The minimum Gasteiger partial charge on any atom is -0.478 e. The number of carbonyl (C=O) groups is 1. The second kappa shape index (κ2) is 5.10. The Bertz CT molecular complexity index is 439. The average Bonchev–Trinajstić information content (AvgIpc) is 2.73. The number of hydrogen-bond acceptors (Lipinski definition) is 3. The van der Waals surface area contributed by atoms with Crippen molar-refractivity contribution in [3.05, 3.63) is 17.5 Å². The third kappa shape index (κ3) is 2.56. The molecule has 2 rings (SSSR count). The van der Waals surface area contributed by atoms with E-state index in [1.807, 2.05) is 13.8 Å². The fourth-order valence-electron chi connectivity index (χ4n) is 2.53. The molecule has 100 valence electrons. The first-order valence-corrected chi connectivity index (χ1v) is 6.50. The molecule has 1 aromatic rings. The van der Waals surface area contributed by atoms with E-state index in [-0.39, 0.29) is 12.0 Å². The molecule has 1 saturated heterocycles. The number of carboxylic acids is 1. The number of rotatable bonds is 3. The number of carboxylic acid groups (broad SMARTS) is 1. The van der Waals surface area contributed by atoms with Crippen LogP contribution < -0.4 is 0 Å². The highest BCUT2D eigenvalue weighted by Gasteiger charge is 2.27. The van der Waals surface area contributed by atoms with Gasteiger partial charge in [-0.3, -0.25) is 4.68 Å². The maximum Gasteiger partial charge on any atom is 0.339 e. The van der Waals surface area contributed by atoms with Crippen molar-refractivity contribution in [2.24, 2.45) is 0 Å². The quantitative estimate of drug-likeness (QED) is 0.892. The Morgan fingerprint density at radius 3 is 2.83 bits per heavy atom. The lowest BCUT2D eigenvalue weighted by Gasteiger charge is -2.28. The molecule has 1 aromatic heterocycles. The van der Waals surface area contributed by atoms with E-state index in [0.717, 1.165) is 31.6 Å². The van der Waals surface area contributed by atoms with Crippen LogP contribution in [0.1, 0.15) is 54.7 Å². The van der Waals surface area contributed by atoms with Gasteiger partial charge in [0, 0.05) is 24.7 Å². The van der Waals surface area contributed by atoms with Gasteiger partial charge in [0.15, 0.2) is 0 Å². The SMILES string of the molecule is CC(C)n1cc(C(=O)O)c(C2CCCN(C)C2)n1.